The van der Waals surface area contributed by atoms with Gasteiger partial charge in [-0.05, 0) is 67.3 Å². The molecule has 0 aliphatic carbocycles. The minimum atomic E-state index is -4.71. The molecule has 30 heavy (non-hydrogen) atoms. The Kier molecular flexibility index (Phi) is 7.20. The maximum Gasteiger partial charge on any atom is 0.426 e. The third-order valence-electron chi connectivity index (χ3n) is 4.98. The summed E-state index contributed by atoms with van der Waals surface area (Å²) in [5.74, 6) is -0.361. The third-order valence-corrected chi connectivity index (χ3v) is 5.23. The van der Waals surface area contributed by atoms with Crippen molar-refractivity contribution in [3.8, 4) is 0 Å². The van der Waals surface area contributed by atoms with Gasteiger partial charge in [-0.15, -0.1) is 0 Å². The van der Waals surface area contributed by atoms with E-state index >= 15 is 0 Å². The van der Waals surface area contributed by atoms with Crippen molar-refractivity contribution in [1.29, 1.82) is 0 Å². The monoisotopic (exact) mass is 444 g/mol. The number of ether oxygens (including phenoxy) is 1. The lowest BCUT2D eigenvalue weighted by Gasteiger charge is -2.35. The van der Waals surface area contributed by atoms with E-state index in [2.05, 4.69) is 5.32 Å². The van der Waals surface area contributed by atoms with Crippen LogP contribution in [0.3, 0.4) is 0 Å². The van der Waals surface area contributed by atoms with E-state index in [0.29, 0.717) is 24.5 Å². The van der Waals surface area contributed by atoms with Gasteiger partial charge in [-0.25, -0.2) is 9.18 Å². The van der Waals surface area contributed by atoms with Crippen molar-refractivity contribution in [3.05, 3.63) is 64.9 Å². The molecule has 0 saturated carbocycles. The molecular weight excluding hydrogens is 424 g/mol. The van der Waals surface area contributed by atoms with Crippen LogP contribution in [0.25, 0.3) is 0 Å². The smallest absolute Gasteiger partial charge is 0.426 e. The van der Waals surface area contributed by atoms with Crippen molar-refractivity contribution in [1.82, 2.24) is 4.90 Å². The fraction of sp³-hybridized carbons (Fsp3) is 0.381. The SMILES string of the molecule is O=C(Nc1ccc(Cl)cc1)OC(CN1CCC[C@@H](c2ccc(F)cc2)C1)C(F)(F)F. The maximum absolute atomic E-state index is 13.5. The first-order valence-electron chi connectivity index (χ1n) is 9.48. The van der Waals surface area contributed by atoms with Crippen molar-refractivity contribution in [3.63, 3.8) is 0 Å². The van der Waals surface area contributed by atoms with Gasteiger partial charge in [0, 0.05) is 23.8 Å². The van der Waals surface area contributed by atoms with Crippen molar-refractivity contribution in [2.75, 3.05) is 25.0 Å². The standard InChI is InChI=1S/C21H21ClF4N2O2/c22-16-5-9-18(10-6-16)27-20(29)30-19(21(24,25)26)13-28-11-1-2-15(12-28)14-3-7-17(23)8-4-14/h3-10,15,19H,1-2,11-13H2,(H,27,29)/t15-,19?/m1/s1. The summed E-state index contributed by atoms with van der Waals surface area (Å²) >= 11 is 5.75. The fourth-order valence-corrected chi connectivity index (χ4v) is 3.61. The van der Waals surface area contributed by atoms with Crippen LogP contribution in [0.4, 0.5) is 28.0 Å². The Morgan fingerprint density at radius 3 is 2.47 bits per heavy atom. The molecule has 1 fully saturated rings. The number of likely N-dealkylation sites (tertiary alicyclic amines) is 1. The first-order valence-corrected chi connectivity index (χ1v) is 9.86. The average molecular weight is 445 g/mol. The Bertz CT molecular complexity index is 844. The predicted octanol–water partition coefficient (Wildman–Crippen LogP) is 5.84. The Labute approximate surface area is 176 Å². The Morgan fingerprint density at radius 1 is 1.17 bits per heavy atom. The highest BCUT2D eigenvalue weighted by atomic mass is 35.5. The van der Waals surface area contributed by atoms with Crippen molar-refractivity contribution in [2.45, 2.75) is 31.0 Å². The minimum Gasteiger partial charge on any atom is -0.435 e. The van der Waals surface area contributed by atoms with Crippen LogP contribution >= 0.6 is 11.6 Å². The lowest BCUT2D eigenvalue weighted by molar-refractivity contribution is -0.207. The van der Waals surface area contributed by atoms with Gasteiger partial charge in [-0.1, -0.05) is 23.7 Å². The van der Waals surface area contributed by atoms with E-state index in [1.54, 1.807) is 17.0 Å². The number of hydrogen-bond donors (Lipinski definition) is 1. The number of benzene rings is 2. The molecule has 1 unspecified atom stereocenters. The Hall–Kier alpha value is -2.32. The lowest BCUT2D eigenvalue weighted by Crippen LogP contribution is -2.47. The minimum absolute atomic E-state index is 0.00359. The summed E-state index contributed by atoms with van der Waals surface area (Å²) in [5, 5.41) is 2.71. The van der Waals surface area contributed by atoms with E-state index in [-0.39, 0.29) is 17.4 Å². The van der Waals surface area contributed by atoms with Gasteiger partial charge in [0.05, 0.1) is 0 Å². The van der Waals surface area contributed by atoms with E-state index in [4.69, 9.17) is 16.3 Å². The van der Waals surface area contributed by atoms with Crippen LogP contribution in [0.15, 0.2) is 48.5 Å². The number of alkyl halides is 3. The molecule has 0 spiro atoms. The van der Waals surface area contributed by atoms with E-state index in [9.17, 15) is 22.4 Å². The Morgan fingerprint density at radius 2 is 1.83 bits per heavy atom. The summed E-state index contributed by atoms with van der Waals surface area (Å²) in [4.78, 5) is 13.6. The highest BCUT2D eigenvalue weighted by Gasteiger charge is 2.44. The summed E-state index contributed by atoms with van der Waals surface area (Å²) in [5.41, 5.74) is 1.16. The van der Waals surface area contributed by atoms with E-state index in [0.717, 1.165) is 12.0 Å². The van der Waals surface area contributed by atoms with Crippen LogP contribution in [0, 0.1) is 5.82 Å². The largest absolute Gasteiger partial charge is 0.435 e. The normalized spacial score (nSPS) is 18.6. The molecule has 0 bridgehead atoms. The maximum atomic E-state index is 13.5. The van der Waals surface area contributed by atoms with Gasteiger partial charge in [0.1, 0.15) is 5.82 Å². The number of nitrogens with zero attached hydrogens (tertiary/aromatic N) is 1. The zero-order valence-electron chi connectivity index (χ0n) is 16.0. The summed E-state index contributed by atoms with van der Waals surface area (Å²) in [6.45, 7) is 0.377. The molecule has 2 atom stereocenters. The average Bonchev–Trinajstić information content (AvgIpc) is 2.69. The molecule has 2 aromatic carbocycles. The molecule has 1 heterocycles. The molecule has 0 aromatic heterocycles. The zero-order valence-corrected chi connectivity index (χ0v) is 16.7. The third kappa shape index (κ3) is 6.34. The van der Waals surface area contributed by atoms with E-state index < -0.39 is 24.9 Å². The number of halogens is 5. The second-order valence-electron chi connectivity index (χ2n) is 7.22. The zero-order chi connectivity index (χ0) is 21.7. The Balaban J connectivity index is 1.61. The highest BCUT2D eigenvalue weighted by Crippen LogP contribution is 2.30. The number of rotatable bonds is 5. The van der Waals surface area contributed by atoms with Gasteiger partial charge in [0.2, 0.25) is 6.10 Å². The first-order chi connectivity index (χ1) is 14.2. The summed E-state index contributed by atoms with van der Waals surface area (Å²) < 4.78 is 58.3. The number of carbonyl (C=O) groups excluding carboxylic acids is 1. The number of anilines is 1. The second-order valence-corrected chi connectivity index (χ2v) is 7.65. The number of carbonyl (C=O) groups is 1. The second kappa shape index (κ2) is 9.66. The van der Waals surface area contributed by atoms with Crippen molar-refractivity contribution < 1.29 is 27.1 Å². The van der Waals surface area contributed by atoms with Crippen LogP contribution < -0.4 is 5.32 Å². The van der Waals surface area contributed by atoms with E-state index in [1.165, 1.54) is 36.4 Å². The topological polar surface area (TPSA) is 41.6 Å². The molecule has 2 aromatic rings. The van der Waals surface area contributed by atoms with Gasteiger partial charge in [-0.3, -0.25) is 10.2 Å². The molecule has 4 nitrogen and oxygen atoms in total. The fourth-order valence-electron chi connectivity index (χ4n) is 3.48. The number of nitrogens with one attached hydrogen (secondary N) is 1. The lowest BCUT2D eigenvalue weighted by atomic mass is 9.90. The molecule has 9 heteroatoms. The molecular formula is C21H21ClF4N2O2. The van der Waals surface area contributed by atoms with Crippen LogP contribution in [0.1, 0.15) is 24.3 Å². The molecule has 0 radical (unpaired) electrons. The molecule has 3 rings (SSSR count). The molecule has 1 aliphatic rings. The van der Waals surface area contributed by atoms with Gasteiger partial charge < -0.3 is 4.74 Å². The predicted molar refractivity (Wildman–Crippen MR) is 106 cm³/mol. The van der Waals surface area contributed by atoms with Crippen LogP contribution in [0.2, 0.25) is 5.02 Å². The molecule has 1 N–H and O–H groups in total. The van der Waals surface area contributed by atoms with E-state index in [1.807, 2.05) is 0 Å². The van der Waals surface area contributed by atoms with Gasteiger partial charge >= 0.3 is 12.3 Å². The molecule has 1 aliphatic heterocycles. The van der Waals surface area contributed by atoms with Gasteiger partial charge in [-0.2, -0.15) is 13.2 Å². The molecule has 1 amide bonds. The molecule has 162 valence electrons. The quantitative estimate of drug-likeness (QED) is 0.589. The number of piperidine rings is 1. The van der Waals surface area contributed by atoms with Crippen LogP contribution in [-0.2, 0) is 4.74 Å². The number of amides is 1. The van der Waals surface area contributed by atoms with Gasteiger partial charge in [0.25, 0.3) is 0 Å². The highest BCUT2D eigenvalue weighted by molar-refractivity contribution is 6.30. The van der Waals surface area contributed by atoms with Crippen molar-refractivity contribution in [2.24, 2.45) is 0 Å². The summed E-state index contributed by atoms with van der Waals surface area (Å²) in [6.07, 6.45) is -6.66. The first kappa shape index (κ1) is 22.4. The van der Waals surface area contributed by atoms with Crippen LogP contribution in [0.5, 0.6) is 0 Å². The molecule has 1 saturated heterocycles. The summed E-state index contributed by atoms with van der Waals surface area (Å²) in [7, 11) is 0. The summed E-state index contributed by atoms with van der Waals surface area (Å²) in [6, 6.07) is 11.9. The van der Waals surface area contributed by atoms with Crippen LogP contribution in [-0.4, -0.2) is 42.9 Å². The van der Waals surface area contributed by atoms with Crippen molar-refractivity contribution >= 4 is 23.4 Å². The van der Waals surface area contributed by atoms with Gasteiger partial charge in [0.15, 0.2) is 0 Å². The number of hydrogen-bond acceptors (Lipinski definition) is 3.